The quantitative estimate of drug-likeness (QED) is 0.722. The molecule has 7 heteroatoms. The highest BCUT2D eigenvalue weighted by Gasteiger charge is 2.23. The number of aromatic carboxylic acids is 1. The zero-order valence-electron chi connectivity index (χ0n) is 10.6. The minimum Gasteiger partial charge on any atom is -0.478 e. The predicted octanol–water partition coefficient (Wildman–Crippen LogP) is 2.99. The lowest BCUT2D eigenvalue weighted by Crippen LogP contribution is -2.43. The van der Waals surface area contributed by atoms with Crippen LogP contribution in [0.5, 0.6) is 0 Å². The number of carbonyl (C=O) groups excluding carboxylic acids is 1. The van der Waals surface area contributed by atoms with E-state index in [4.69, 9.17) is 0 Å². The monoisotopic (exact) mass is 404 g/mol. The molecule has 1 aromatic carbocycles. The van der Waals surface area contributed by atoms with Gasteiger partial charge in [-0.15, -0.1) is 0 Å². The minimum atomic E-state index is -1.08. The second kappa shape index (κ2) is 6.69. The van der Waals surface area contributed by atoms with Gasteiger partial charge in [-0.25, -0.2) is 4.79 Å². The fraction of sp³-hybridized carbons (Fsp3) is 0.385. The van der Waals surface area contributed by atoms with Crippen molar-refractivity contribution in [2.24, 2.45) is 0 Å². The Bertz CT molecular complexity index is 543. The van der Waals surface area contributed by atoms with Crippen molar-refractivity contribution in [3.63, 3.8) is 0 Å². The Morgan fingerprint density at radius 3 is 2.65 bits per heavy atom. The molecule has 5 nitrogen and oxygen atoms in total. The van der Waals surface area contributed by atoms with Gasteiger partial charge in [0.1, 0.15) is 0 Å². The van der Waals surface area contributed by atoms with Crippen LogP contribution >= 0.6 is 31.9 Å². The fourth-order valence-corrected chi connectivity index (χ4v) is 3.48. The second-order valence-electron chi connectivity index (χ2n) is 4.61. The van der Waals surface area contributed by atoms with Crippen LogP contribution in [0.15, 0.2) is 21.1 Å². The Hall–Kier alpha value is -0.920. The summed E-state index contributed by atoms with van der Waals surface area (Å²) >= 11 is 6.53. The van der Waals surface area contributed by atoms with E-state index in [0.29, 0.717) is 8.95 Å². The number of hydrogen-bond donors (Lipinski definition) is 3. The van der Waals surface area contributed by atoms with Gasteiger partial charge in [-0.1, -0.05) is 22.4 Å². The van der Waals surface area contributed by atoms with E-state index in [-0.39, 0.29) is 23.2 Å². The molecule has 3 N–H and O–H groups in total. The molecular formula is C13H14Br2N2O3. The van der Waals surface area contributed by atoms with Crippen LogP contribution in [0.1, 0.15) is 29.6 Å². The molecule has 1 aliphatic rings. The van der Waals surface area contributed by atoms with Crippen molar-refractivity contribution in [2.45, 2.75) is 25.3 Å². The van der Waals surface area contributed by atoms with Crippen LogP contribution in [0.3, 0.4) is 0 Å². The number of benzene rings is 1. The highest BCUT2D eigenvalue weighted by atomic mass is 79.9. The van der Waals surface area contributed by atoms with Crippen molar-refractivity contribution in [1.29, 1.82) is 0 Å². The number of amides is 1. The molecule has 0 bridgehead atoms. The molecule has 0 aromatic heterocycles. The first-order valence-electron chi connectivity index (χ1n) is 6.25. The zero-order chi connectivity index (χ0) is 14.7. The molecule has 1 heterocycles. The van der Waals surface area contributed by atoms with Gasteiger partial charge in [0.05, 0.1) is 17.3 Å². The van der Waals surface area contributed by atoms with Crippen LogP contribution in [-0.2, 0) is 4.79 Å². The van der Waals surface area contributed by atoms with Crippen LogP contribution in [0, 0.1) is 0 Å². The van der Waals surface area contributed by atoms with Crippen LogP contribution in [-0.4, -0.2) is 29.6 Å². The minimum absolute atomic E-state index is 0.0513. The molecule has 0 unspecified atom stereocenters. The summed E-state index contributed by atoms with van der Waals surface area (Å²) in [4.78, 5) is 23.5. The van der Waals surface area contributed by atoms with Crippen molar-refractivity contribution < 1.29 is 14.7 Å². The van der Waals surface area contributed by atoms with E-state index in [9.17, 15) is 14.7 Å². The van der Waals surface area contributed by atoms with E-state index < -0.39 is 5.97 Å². The number of rotatable bonds is 3. The van der Waals surface area contributed by atoms with Crippen molar-refractivity contribution in [2.75, 3.05) is 11.9 Å². The Balaban J connectivity index is 2.23. The van der Waals surface area contributed by atoms with Crippen molar-refractivity contribution in [3.05, 3.63) is 26.6 Å². The highest BCUT2D eigenvalue weighted by molar-refractivity contribution is 9.11. The Labute approximate surface area is 133 Å². The second-order valence-corrected chi connectivity index (χ2v) is 6.38. The lowest BCUT2D eigenvalue weighted by molar-refractivity contribution is -0.118. The SMILES string of the molecule is O=C(O)c1cc(Br)cc(Br)c1NC(=O)[C@@H]1CCCCN1. The van der Waals surface area contributed by atoms with Gasteiger partial charge in [0.2, 0.25) is 5.91 Å². The maximum absolute atomic E-state index is 12.2. The van der Waals surface area contributed by atoms with Gasteiger partial charge in [-0.05, 0) is 47.4 Å². The maximum Gasteiger partial charge on any atom is 0.337 e. The van der Waals surface area contributed by atoms with Crippen LogP contribution in [0.25, 0.3) is 0 Å². The molecule has 0 radical (unpaired) electrons. The predicted molar refractivity (Wildman–Crippen MR) is 83.1 cm³/mol. The normalized spacial score (nSPS) is 18.6. The van der Waals surface area contributed by atoms with Gasteiger partial charge in [0.25, 0.3) is 0 Å². The Morgan fingerprint density at radius 2 is 2.05 bits per heavy atom. The third kappa shape index (κ3) is 3.59. The largest absolute Gasteiger partial charge is 0.478 e. The summed E-state index contributed by atoms with van der Waals surface area (Å²) in [5.74, 6) is -1.28. The van der Waals surface area contributed by atoms with Crippen molar-refractivity contribution in [1.82, 2.24) is 5.32 Å². The lowest BCUT2D eigenvalue weighted by atomic mass is 10.0. The average molecular weight is 406 g/mol. The first-order chi connectivity index (χ1) is 9.49. The third-order valence-electron chi connectivity index (χ3n) is 3.16. The van der Waals surface area contributed by atoms with E-state index in [2.05, 4.69) is 42.5 Å². The molecule has 0 spiro atoms. The number of hydrogen-bond acceptors (Lipinski definition) is 3. The summed E-state index contributed by atoms with van der Waals surface area (Å²) in [7, 11) is 0. The first kappa shape index (κ1) is 15.5. The number of carbonyl (C=O) groups is 2. The molecule has 1 saturated heterocycles. The topological polar surface area (TPSA) is 78.4 Å². The summed E-state index contributed by atoms with van der Waals surface area (Å²) < 4.78 is 1.17. The molecule has 1 atom stereocenters. The molecule has 0 aliphatic carbocycles. The van der Waals surface area contributed by atoms with Crippen LogP contribution in [0.4, 0.5) is 5.69 Å². The molecule has 1 fully saturated rings. The van der Waals surface area contributed by atoms with Crippen molar-refractivity contribution >= 4 is 49.4 Å². The third-order valence-corrected chi connectivity index (χ3v) is 4.24. The molecule has 0 saturated carbocycles. The average Bonchev–Trinajstić information content (AvgIpc) is 2.42. The molecule has 20 heavy (non-hydrogen) atoms. The summed E-state index contributed by atoms with van der Waals surface area (Å²) in [5.41, 5.74) is 0.341. The number of anilines is 1. The van der Waals surface area contributed by atoms with Gasteiger partial charge in [0, 0.05) is 8.95 Å². The number of halogens is 2. The fourth-order valence-electron chi connectivity index (χ4n) is 2.16. The summed E-state index contributed by atoms with van der Waals surface area (Å²) in [6, 6.07) is 2.91. The van der Waals surface area contributed by atoms with E-state index in [1.807, 2.05) is 0 Å². The highest BCUT2D eigenvalue weighted by Crippen LogP contribution is 2.31. The van der Waals surface area contributed by atoms with Gasteiger partial charge in [-0.3, -0.25) is 4.79 Å². The van der Waals surface area contributed by atoms with Crippen LogP contribution < -0.4 is 10.6 Å². The molecule has 1 aliphatic heterocycles. The van der Waals surface area contributed by atoms with E-state index in [0.717, 1.165) is 25.8 Å². The summed E-state index contributed by atoms with van der Waals surface area (Å²) in [5, 5.41) is 15.1. The summed E-state index contributed by atoms with van der Waals surface area (Å²) in [6.07, 6.45) is 2.83. The van der Waals surface area contributed by atoms with E-state index in [1.54, 1.807) is 6.07 Å². The van der Waals surface area contributed by atoms with Gasteiger partial charge < -0.3 is 15.7 Å². The number of piperidine rings is 1. The van der Waals surface area contributed by atoms with Gasteiger partial charge in [0.15, 0.2) is 0 Å². The number of carboxylic acids is 1. The van der Waals surface area contributed by atoms with E-state index in [1.165, 1.54) is 6.07 Å². The molecule has 108 valence electrons. The first-order valence-corrected chi connectivity index (χ1v) is 7.84. The molecule has 2 rings (SSSR count). The zero-order valence-corrected chi connectivity index (χ0v) is 13.8. The van der Waals surface area contributed by atoms with Crippen LogP contribution in [0.2, 0.25) is 0 Å². The smallest absolute Gasteiger partial charge is 0.337 e. The number of nitrogens with one attached hydrogen (secondary N) is 2. The van der Waals surface area contributed by atoms with Gasteiger partial charge >= 0.3 is 5.97 Å². The lowest BCUT2D eigenvalue weighted by Gasteiger charge is -2.23. The standard InChI is InChI=1S/C13H14Br2N2O3/c14-7-5-8(13(19)20)11(9(15)6-7)17-12(18)10-3-1-2-4-16-10/h5-6,10,16H,1-4H2,(H,17,18)(H,19,20)/t10-/m0/s1. The summed E-state index contributed by atoms with van der Waals surface area (Å²) in [6.45, 7) is 0.811. The van der Waals surface area contributed by atoms with E-state index >= 15 is 0 Å². The Morgan fingerprint density at radius 1 is 1.30 bits per heavy atom. The molecule has 1 aromatic rings. The number of carboxylic acid groups (broad SMARTS) is 1. The molecular weight excluding hydrogens is 392 g/mol. The Kier molecular flexibility index (Phi) is 5.17. The van der Waals surface area contributed by atoms with Gasteiger partial charge in [-0.2, -0.15) is 0 Å². The molecule has 1 amide bonds. The van der Waals surface area contributed by atoms with Crippen molar-refractivity contribution in [3.8, 4) is 0 Å². The maximum atomic E-state index is 12.2.